The van der Waals surface area contributed by atoms with Gasteiger partial charge in [0.15, 0.2) is 0 Å². The molecule has 4 nitrogen and oxygen atoms in total. The Balaban J connectivity index is 1.82. The summed E-state index contributed by atoms with van der Waals surface area (Å²) in [5, 5.41) is 5.25. The van der Waals surface area contributed by atoms with Gasteiger partial charge in [0.2, 0.25) is 5.91 Å². The first-order valence-corrected chi connectivity index (χ1v) is 7.34. The van der Waals surface area contributed by atoms with Crippen molar-refractivity contribution in [1.29, 1.82) is 0 Å². The SMILES string of the molecule is O=C1CSc2ccc(NC(=O)c3cc(F)cc(F)c3)cc2N1. The molecule has 0 aromatic heterocycles. The first-order valence-electron chi connectivity index (χ1n) is 6.35. The quantitative estimate of drug-likeness (QED) is 0.893. The number of carbonyl (C=O) groups is 2. The molecule has 0 unspecified atom stereocenters. The number of rotatable bonds is 2. The number of hydrogen-bond donors (Lipinski definition) is 2. The first-order chi connectivity index (χ1) is 10.5. The molecule has 0 fully saturated rings. The molecule has 0 atom stereocenters. The van der Waals surface area contributed by atoms with Gasteiger partial charge in [-0.15, -0.1) is 11.8 Å². The second-order valence-corrected chi connectivity index (χ2v) is 5.68. The van der Waals surface area contributed by atoms with Crippen LogP contribution in [-0.2, 0) is 4.79 Å². The third-order valence-electron chi connectivity index (χ3n) is 3.00. The monoisotopic (exact) mass is 320 g/mol. The van der Waals surface area contributed by atoms with Crippen LogP contribution in [0.5, 0.6) is 0 Å². The Labute approximate surface area is 128 Å². The summed E-state index contributed by atoms with van der Waals surface area (Å²) in [6, 6.07) is 7.64. The minimum Gasteiger partial charge on any atom is -0.324 e. The van der Waals surface area contributed by atoms with E-state index in [4.69, 9.17) is 0 Å². The van der Waals surface area contributed by atoms with Gasteiger partial charge in [0.25, 0.3) is 5.91 Å². The fourth-order valence-corrected chi connectivity index (χ4v) is 2.84. The van der Waals surface area contributed by atoms with Crippen LogP contribution in [0.2, 0.25) is 0 Å². The standard InChI is InChI=1S/C15H10F2N2O2S/c16-9-3-8(4-10(17)5-9)15(21)18-11-1-2-13-12(6-11)19-14(20)7-22-13/h1-6H,7H2,(H,18,21)(H,19,20). The predicted molar refractivity (Wildman–Crippen MR) is 80.1 cm³/mol. The molecule has 0 spiro atoms. The van der Waals surface area contributed by atoms with Gasteiger partial charge in [-0.2, -0.15) is 0 Å². The molecule has 2 aromatic rings. The number of halogens is 2. The second-order valence-electron chi connectivity index (χ2n) is 4.66. The highest BCUT2D eigenvalue weighted by Gasteiger charge is 2.16. The molecule has 0 radical (unpaired) electrons. The van der Waals surface area contributed by atoms with Crippen molar-refractivity contribution >= 4 is 35.0 Å². The van der Waals surface area contributed by atoms with Gasteiger partial charge in [-0.1, -0.05) is 0 Å². The van der Waals surface area contributed by atoms with Crippen molar-refractivity contribution in [3.05, 3.63) is 53.6 Å². The van der Waals surface area contributed by atoms with E-state index in [1.807, 2.05) is 0 Å². The highest BCUT2D eigenvalue weighted by Crippen LogP contribution is 2.33. The van der Waals surface area contributed by atoms with E-state index in [2.05, 4.69) is 10.6 Å². The van der Waals surface area contributed by atoms with E-state index in [0.717, 1.165) is 17.0 Å². The van der Waals surface area contributed by atoms with E-state index >= 15 is 0 Å². The minimum atomic E-state index is -0.820. The fraction of sp³-hybridized carbons (Fsp3) is 0.0667. The van der Waals surface area contributed by atoms with Crippen molar-refractivity contribution in [2.75, 3.05) is 16.4 Å². The number of hydrogen-bond acceptors (Lipinski definition) is 3. The van der Waals surface area contributed by atoms with E-state index in [0.29, 0.717) is 23.2 Å². The summed E-state index contributed by atoms with van der Waals surface area (Å²) in [6.45, 7) is 0. The Morgan fingerprint density at radius 2 is 1.86 bits per heavy atom. The molecular weight excluding hydrogens is 310 g/mol. The number of amides is 2. The molecule has 112 valence electrons. The molecule has 1 heterocycles. The summed E-state index contributed by atoms with van der Waals surface area (Å²) in [5.74, 6) is -2.04. The van der Waals surface area contributed by atoms with Gasteiger partial charge >= 0.3 is 0 Å². The Kier molecular flexibility index (Phi) is 3.81. The number of fused-ring (bicyclic) bond motifs is 1. The molecule has 22 heavy (non-hydrogen) atoms. The van der Waals surface area contributed by atoms with E-state index in [1.165, 1.54) is 11.8 Å². The van der Waals surface area contributed by atoms with Gasteiger partial charge in [0.1, 0.15) is 11.6 Å². The van der Waals surface area contributed by atoms with Gasteiger partial charge in [0.05, 0.1) is 11.4 Å². The van der Waals surface area contributed by atoms with Gasteiger partial charge in [-0.05, 0) is 30.3 Å². The van der Waals surface area contributed by atoms with E-state index in [-0.39, 0.29) is 11.5 Å². The maximum absolute atomic E-state index is 13.1. The number of anilines is 2. The summed E-state index contributed by atoms with van der Waals surface area (Å²) in [7, 11) is 0. The third kappa shape index (κ3) is 3.09. The zero-order valence-electron chi connectivity index (χ0n) is 11.2. The Bertz CT molecular complexity index is 760. The summed E-state index contributed by atoms with van der Waals surface area (Å²) in [6.07, 6.45) is 0. The molecular formula is C15H10F2N2O2S. The van der Waals surface area contributed by atoms with Crippen molar-refractivity contribution in [1.82, 2.24) is 0 Å². The minimum absolute atomic E-state index is 0.117. The molecule has 0 saturated heterocycles. The van der Waals surface area contributed by atoms with Gasteiger partial charge in [-0.25, -0.2) is 8.78 Å². The second kappa shape index (κ2) is 5.76. The highest BCUT2D eigenvalue weighted by atomic mass is 32.2. The zero-order valence-corrected chi connectivity index (χ0v) is 12.0. The molecule has 1 aliphatic rings. The van der Waals surface area contributed by atoms with Gasteiger partial charge in [0, 0.05) is 22.2 Å². The van der Waals surface area contributed by atoms with Crippen molar-refractivity contribution < 1.29 is 18.4 Å². The normalized spacial score (nSPS) is 13.3. The number of carbonyl (C=O) groups excluding carboxylic acids is 2. The van der Waals surface area contributed by atoms with E-state index in [9.17, 15) is 18.4 Å². The van der Waals surface area contributed by atoms with Crippen LogP contribution in [0.1, 0.15) is 10.4 Å². The zero-order chi connectivity index (χ0) is 15.7. The summed E-state index contributed by atoms with van der Waals surface area (Å²) >= 11 is 1.40. The van der Waals surface area contributed by atoms with Crippen LogP contribution in [0.15, 0.2) is 41.3 Å². The summed E-state index contributed by atoms with van der Waals surface area (Å²) in [5.41, 5.74) is 0.911. The fourth-order valence-electron chi connectivity index (χ4n) is 2.05. The number of benzene rings is 2. The first kappa shape index (κ1) is 14.5. The lowest BCUT2D eigenvalue weighted by Gasteiger charge is -2.17. The largest absolute Gasteiger partial charge is 0.324 e. The van der Waals surface area contributed by atoms with E-state index in [1.54, 1.807) is 18.2 Å². The van der Waals surface area contributed by atoms with Crippen LogP contribution in [0.4, 0.5) is 20.2 Å². The van der Waals surface area contributed by atoms with Crippen molar-refractivity contribution in [2.45, 2.75) is 4.90 Å². The molecule has 0 bridgehead atoms. The average Bonchev–Trinajstić information content (AvgIpc) is 2.45. The maximum Gasteiger partial charge on any atom is 0.255 e. The Morgan fingerprint density at radius 1 is 1.14 bits per heavy atom. The lowest BCUT2D eigenvalue weighted by Crippen LogP contribution is -2.19. The van der Waals surface area contributed by atoms with Crippen LogP contribution in [0, 0.1) is 11.6 Å². The molecule has 0 aliphatic carbocycles. The van der Waals surface area contributed by atoms with Gasteiger partial charge in [-0.3, -0.25) is 9.59 Å². The highest BCUT2D eigenvalue weighted by molar-refractivity contribution is 8.00. The molecule has 3 rings (SSSR count). The molecule has 2 amide bonds. The van der Waals surface area contributed by atoms with Crippen LogP contribution >= 0.6 is 11.8 Å². The maximum atomic E-state index is 13.1. The third-order valence-corrected chi connectivity index (χ3v) is 4.07. The van der Waals surface area contributed by atoms with Crippen LogP contribution < -0.4 is 10.6 Å². The van der Waals surface area contributed by atoms with Crippen molar-refractivity contribution in [3.8, 4) is 0 Å². The van der Waals surface area contributed by atoms with E-state index < -0.39 is 17.5 Å². The Morgan fingerprint density at radius 3 is 2.59 bits per heavy atom. The molecule has 2 N–H and O–H groups in total. The summed E-state index contributed by atoms with van der Waals surface area (Å²) < 4.78 is 26.2. The van der Waals surface area contributed by atoms with Gasteiger partial charge < -0.3 is 10.6 Å². The van der Waals surface area contributed by atoms with Crippen molar-refractivity contribution in [3.63, 3.8) is 0 Å². The molecule has 2 aromatic carbocycles. The predicted octanol–water partition coefficient (Wildman–Crippen LogP) is 3.26. The molecule has 1 aliphatic heterocycles. The topological polar surface area (TPSA) is 58.2 Å². The lowest BCUT2D eigenvalue weighted by atomic mass is 10.2. The van der Waals surface area contributed by atoms with Crippen LogP contribution in [-0.4, -0.2) is 17.6 Å². The number of nitrogens with one attached hydrogen (secondary N) is 2. The van der Waals surface area contributed by atoms with Crippen LogP contribution in [0.25, 0.3) is 0 Å². The average molecular weight is 320 g/mol. The molecule has 7 heteroatoms. The summed E-state index contributed by atoms with van der Waals surface area (Å²) in [4.78, 5) is 24.3. The van der Waals surface area contributed by atoms with Crippen LogP contribution in [0.3, 0.4) is 0 Å². The van der Waals surface area contributed by atoms with Crippen molar-refractivity contribution in [2.24, 2.45) is 0 Å². The molecule has 0 saturated carbocycles. The Hall–Kier alpha value is -2.41. The smallest absolute Gasteiger partial charge is 0.255 e. The number of thioether (sulfide) groups is 1. The lowest BCUT2D eigenvalue weighted by molar-refractivity contribution is -0.113.